The van der Waals surface area contributed by atoms with Crippen LogP contribution in [0, 0.1) is 5.92 Å². The Labute approximate surface area is 196 Å². The van der Waals surface area contributed by atoms with Crippen LogP contribution in [0.1, 0.15) is 30.0 Å². The molecule has 3 aromatic carbocycles. The summed E-state index contributed by atoms with van der Waals surface area (Å²) in [6.07, 6.45) is 3.37. The average molecular weight is 442 g/mol. The minimum absolute atomic E-state index is 0.000408. The number of anilines is 1. The Morgan fingerprint density at radius 1 is 0.879 bits per heavy atom. The van der Waals surface area contributed by atoms with E-state index in [1.807, 2.05) is 60.7 Å². The summed E-state index contributed by atoms with van der Waals surface area (Å²) in [6.45, 7) is 4.47. The van der Waals surface area contributed by atoms with Crippen LogP contribution in [0.15, 0.2) is 91.0 Å². The first kappa shape index (κ1) is 21.7. The van der Waals surface area contributed by atoms with Gasteiger partial charge in [0.15, 0.2) is 12.1 Å². The van der Waals surface area contributed by atoms with Crippen molar-refractivity contribution in [3.63, 3.8) is 0 Å². The van der Waals surface area contributed by atoms with Crippen molar-refractivity contribution in [2.24, 2.45) is 5.92 Å². The van der Waals surface area contributed by atoms with Crippen LogP contribution in [-0.4, -0.2) is 42.7 Å². The number of piperidine rings is 3. The molecule has 3 aromatic rings. The van der Waals surface area contributed by atoms with Crippen molar-refractivity contribution in [1.82, 2.24) is 0 Å². The first-order valence-corrected chi connectivity index (χ1v) is 12.2. The maximum absolute atomic E-state index is 13.5. The molecule has 6 rings (SSSR count). The zero-order chi connectivity index (χ0) is 22.5. The van der Waals surface area contributed by atoms with E-state index in [2.05, 4.69) is 35.6 Å². The lowest BCUT2D eigenvalue weighted by Crippen LogP contribution is -2.65. The quantitative estimate of drug-likeness (QED) is 0.384. The van der Waals surface area contributed by atoms with Crippen molar-refractivity contribution >= 4 is 11.7 Å². The van der Waals surface area contributed by atoms with Gasteiger partial charge in [-0.3, -0.25) is 0 Å². The van der Waals surface area contributed by atoms with Crippen LogP contribution in [0.5, 0.6) is 0 Å². The Hall–Kier alpha value is -3.11. The first-order valence-electron chi connectivity index (χ1n) is 12.2. The van der Waals surface area contributed by atoms with Crippen LogP contribution in [0.3, 0.4) is 0 Å². The second-order valence-corrected chi connectivity index (χ2v) is 9.60. The lowest BCUT2D eigenvalue weighted by molar-refractivity contribution is -0.946. The molecule has 3 aliphatic rings. The zero-order valence-corrected chi connectivity index (χ0v) is 19.1. The number of quaternary nitrogens is 1. The Morgan fingerprint density at radius 3 is 2.15 bits per heavy atom. The molecule has 2 bridgehead atoms. The number of ether oxygens (including phenoxy) is 1. The van der Waals surface area contributed by atoms with Crippen LogP contribution in [0.4, 0.5) is 5.69 Å². The number of esters is 1. The largest absolute Gasteiger partial charge is 0.454 e. The van der Waals surface area contributed by atoms with Crippen molar-refractivity contribution < 1.29 is 14.0 Å². The number of nitrogens with zero attached hydrogens (tertiary/aromatic N) is 1. The molecule has 4 heteroatoms. The molecule has 0 spiro atoms. The molecule has 170 valence electrons. The van der Waals surface area contributed by atoms with Gasteiger partial charge in [0, 0.05) is 30.9 Å². The Bertz CT molecular complexity index is 1030. The number of rotatable bonds is 8. The summed E-state index contributed by atoms with van der Waals surface area (Å²) >= 11 is 0. The Morgan fingerprint density at radius 2 is 1.48 bits per heavy atom. The fraction of sp³-hybridized carbons (Fsp3) is 0.345. The average Bonchev–Trinajstić information content (AvgIpc) is 2.88. The Kier molecular flexibility index (Phi) is 6.45. The number of hydrogen-bond acceptors (Lipinski definition) is 3. The van der Waals surface area contributed by atoms with E-state index < -0.39 is 6.04 Å². The second-order valence-electron chi connectivity index (χ2n) is 9.60. The molecule has 33 heavy (non-hydrogen) atoms. The van der Waals surface area contributed by atoms with E-state index in [1.165, 1.54) is 18.7 Å². The summed E-state index contributed by atoms with van der Waals surface area (Å²) in [6, 6.07) is 30.0. The molecule has 3 aliphatic heterocycles. The number of carbonyl (C=O) groups excluding carboxylic acids is 1. The van der Waals surface area contributed by atoms with E-state index in [-0.39, 0.29) is 12.1 Å². The summed E-state index contributed by atoms with van der Waals surface area (Å²) in [5, 5.41) is 3.41. The van der Waals surface area contributed by atoms with E-state index >= 15 is 0 Å². The summed E-state index contributed by atoms with van der Waals surface area (Å²) in [5.41, 5.74) is 3.24. The molecule has 3 saturated heterocycles. The molecule has 0 amide bonds. The minimum Gasteiger partial charge on any atom is -0.454 e. The first-order chi connectivity index (χ1) is 16.2. The van der Waals surface area contributed by atoms with Crippen LogP contribution < -0.4 is 5.32 Å². The summed E-state index contributed by atoms with van der Waals surface area (Å²) in [5.74, 6) is 0.309. The maximum Gasteiger partial charge on any atom is 0.333 e. The van der Waals surface area contributed by atoms with Crippen LogP contribution in [0.2, 0.25) is 0 Å². The van der Waals surface area contributed by atoms with Gasteiger partial charge in [0.05, 0.1) is 19.6 Å². The zero-order valence-electron chi connectivity index (χ0n) is 19.1. The SMILES string of the molecule is O=C(OC1C[N+]2(CCc3ccccc3)CCC1CC2)C(Nc1ccccc1)c1ccccc1. The molecular weight excluding hydrogens is 408 g/mol. The number of para-hydroxylation sites is 1. The lowest BCUT2D eigenvalue weighted by atomic mass is 9.83. The topological polar surface area (TPSA) is 38.3 Å². The molecular formula is C29H33N2O2+. The fourth-order valence-corrected chi connectivity index (χ4v) is 5.52. The highest BCUT2D eigenvalue weighted by Crippen LogP contribution is 2.36. The normalized spacial score (nSPS) is 24.7. The van der Waals surface area contributed by atoms with Crippen LogP contribution >= 0.6 is 0 Å². The van der Waals surface area contributed by atoms with Crippen LogP contribution in [0.25, 0.3) is 0 Å². The minimum atomic E-state index is -0.512. The van der Waals surface area contributed by atoms with E-state index in [0.717, 1.165) is 48.1 Å². The summed E-state index contributed by atoms with van der Waals surface area (Å²) < 4.78 is 7.35. The third-order valence-electron chi connectivity index (χ3n) is 7.48. The van der Waals surface area contributed by atoms with Gasteiger partial charge in [-0.15, -0.1) is 0 Å². The van der Waals surface area contributed by atoms with Gasteiger partial charge in [-0.2, -0.15) is 0 Å². The highest BCUT2D eigenvalue weighted by molar-refractivity contribution is 5.81. The maximum atomic E-state index is 13.5. The Balaban J connectivity index is 1.29. The number of benzene rings is 3. The standard InChI is InChI=1S/C29H33N2O2/c32-29(28(25-12-6-2-7-13-25)30-26-14-8-3-9-15-26)33-27-22-31(20-17-24(27)18-21-31)19-16-23-10-4-1-5-11-23/h1-15,24,27-28,30H,16-22H2/q+1. The van der Waals surface area contributed by atoms with E-state index in [0.29, 0.717) is 5.92 Å². The van der Waals surface area contributed by atoms with E-state index in [1.54, 1.807) is 0 Å². The molecule has 0 aromatic heterocycles. The number of carbonyl (C=O) groups is 1. The molecule has 1 N–H and O–H groups in total. The van der Waals surface area contributed by atoms with Crippen molar-refractivity contribution in [2.75, 3.05) is 31.5 Å². The molecule has 3 fully saturated rings. The third kappa shape index (κ3) is 5.12. The molecule has 3 heterocycles. The highest BCUT2D eigenvalue weighted by atomic mass is 16.5. The number of hydrogen-bond donors (Lipinski definition) is 1. The molecule has 2 unspecified atom stereocenters. The van der Waals surface area contributed by atoms with Crippen molar-refractivity contribution in [1.29, 1.82) is 0 Å². The lowest BCUT2D eigenvalue weighted by Gasteiger charge is -2.52. The predicted molar refractivity (Wildman–Crippen MR) is 132 cm³/mol. The second kappa shape index (κ2) is 9.80. The number of nitrogens with one attached hydrogen (secondary N) is 1. The van der Waals surface area contributed by atoms with Gasteiger partial charge in [-0.05, 0) is 23.3 Å². The smallest absolute Gasteiger partial charge is 0.333 e. The van der Waals surface area contributed by atoms with Gasteiger partial charge in [0.1, 0.15) is 6.54 Å². The van der Waals surface area contributed by atoms with Gasteiger partial charge in [0.2, 0.25) is 0 Å². The van der Waals surface area contributed by atoms with Crippen molar-refractivity contribution in [3.8, 4) is 0 Å². The van der Waals surface area contributed by atoms with Crippen molar-refractivity contribution in [3.05, 3.63) is 102 Å². The van der Waals surface area contributed by atoms with Crippen molar-refractivity contribution in [2.45, 2.75) is 31.4 Å². The fourth-order valence-electron chi connectivity index (χ4n) is 5.52. The molecule has 4 nitrogen and oxygen atoms in total. The summed E-state index contributed by atoms with van der Waals surface area (Å²) in [4.78, 5) is 13.5. The summed E-state index contributed by atoms with van der Waals surface area (Å²) in [7, 11) is 0. The molecule has 2 atom stereocenters. The number of fused-ring (bicyclic) bond motifs is 3. The monoisotopic (exact) mass is 441 g/mol. The van der Waals surface area contributed by atoms with Gasteiger partial charge in [-0.1, -0.05) is 78.9 Å². The van der Waals surface area contributed by atoms with E-state index in [9.17, 15) is 4.79 Å². The molecule has 0 saturated carbocycles. The van der Waals surface area contributed by atoms with E-state index in [4.69, 9.17) is 4.74 Å². The molecule has 0 radical (unpaired) electrons. The van der Waals surface area contributed by atoms with Crippen LogP contribution in [-0.2, 0) is 16.0 Å². The third-order valence-corrected chi connectivity index (χ3v) is 7.48. The predicted octanol–water partition coefficient (Wildman–Crippen LogP) is 5.23. The van der Waals surface area contributed by atoms with Gasteiger partial charge >= 0.3 is 5.97 Å². The molecule has 0 aliphatic carbocycles. The highest BCUT2D eigenvalue weighted by Gasteiger charge is 2.47. The van der Waals surface area contributed by atoms with Gasteiger partial charge < -0.3 is 14.5 Å². The van der Waals surface area contributed by atoms with Gasteiger partial charge in [0.25, 0.3) is 0 Å². The van der Waals surface area contributed by atoms with Gasteiger partial charge in [-0.25, -0.2) is 4.79 Å².